The first-order chi connectivity index (χ1) is 12.7. The molecule has 0 radical (unpaired) electrons. The normalized spacial score (nSPS) is 22.1. The molecule has 7 heteroatoms. The monoisotopic (exact) mass is 392 g/mol. The number of hydrogen-bond acceptors (Lipinski definition) is 4. The van der Waals surface area contributed by atoms with Gasteiger partial charge in [0, 0.05) is 12.2 Å². The molecule has 0 aromatic heterocycles. The zero-order chi connectivity index (χ0) is 19.8. The second-order valence-corrected chi connectivity index (χ2v) is 9.83. The van der Waals surface area contributed by atoms with Crippen molar-refractivity contribution in [2.45, 2.75) is 63.3 Å². The van der Waals surface area contributed by atoms with Crippen molar-refractivity contribution in [2.75, 3.05) is 16.5 Å². The predicted molar refractivity (Wildman–Crippen MR) is 105 cm³/mol. The number of benzene rings is 1. The molecule has 1 fully saturated rings. The highest BCUT2D eigenvalue weighted by molar-refractivity contribution is 7.90. The first kappa shape index (κ1) is 19.9. The fraction of sp³-hybridized carbons (Fsp3) is 0.600. The maximum atomic E-state index is 13.4. The van der Waals surface area contributed by atoms with Gasteiger partial charge in [0.2, 0.25) is 11.8 Å². The zero-order valence-corrected chi connectivity index (χ0v) is 17.0. The average molecular weight is 393 g/mol. The van der Waals surface area contributed by atoms with Gasteiger partial charge in [-0.25, -0.2) is 8.42 Å². The third-order valence-corrected chi connectivity index (χ3v) is 6.95. The fourth-order valence-corrected chi connectivity index (χ4v) is 4.72. The summed E-state index contributed by atoms with van der Waals surface area (Å²) in [4.78, 5) is 28.0. The first-order valence-corrected chi connectivity index (χ1v) is 11.6. The number of nitrogens with one attached hydrogen (secondary N) is 1. The van der Waals surface area contributed by atoms with E-state index in [9.17, 15) is 18.0 Å². The van der Waals surface area contributed by atoms with Crippen LogP contribution in [0.2, 0.25) is 0 Å². The number of carbonyl (C=O) groups excluding carboxylic acids is 2. The summed E-state index contributed by atoms with van der Waals surface area (Å²) in [6.07, 6.45) is 6.80. The second-order valence-electron chi connectivity index (χ2n) is 7.81. The van der Waals surface area contributed by atoms with Crippen molar-refractivity contribution in [3.05, 3.63) is 18.2 Å². The van der Waals surface area contributed by atoms with Crippen LogP contribution in [0.1, 0.15) is 52.4 Å². The minimum absolute atomic E-state index is 0.000255. The van der Waals surface area contributed by atoms with E-state index in [2.05, 4.69) is 5.32 Å². The highest BCUT2D eigenvalue weighted by Crippen LogP contribution is 2.39. The van der Waals surface area contributed by atoms with Crippen molar-refractivity contribution in [3.8, 4) is 0 Å². The van der Waals surface area contributed by atoms with E-state index in [-0.39, 0.29) is 28.5 Å². The predicted octanol–water partition coefficient (Wildman–Crippen LogP) is 3.37. The van der Waals surface area contributed by atoms with E-state index in [1.54, 1.807) is 11.0 Å². The lowest BCUT2D eigenvalue weighted by atomic mass is 9.86. The van der Waals surface area contributed by atoms with Crippen molar-refractivity contribution in [3.63, 3.8) is 0 Å². The summed E-state index contributed by atoms with van der Waals surface area (Å²) in [5, 5.41) is 2.83. The largest absolute Gasteiger partial charge is 0.322 e. The molecule has 27 heavy (non-hydrogen) atoms. The summed E-state index contributed by atoms with van der Waals surface area (Å²) in [5.41, 5.74) is 0.995. The lowest BCUT2D eigenvalue weighted by Gasteiger charge is -2.41. The third-order valence-electron chi connectivity index (χ3n) is 5.84. The maximum Gasteiger partial charge on any atom is 0.247 e. The van der Waals surface area contributed by atoms with Crippen LogP contribution in [0.15, 0.2) is 23.1 Å². The van der Waals surface area contributed by atoms with Crippen LogP contribution in [0.4, 0.5) is 11.4 Å². The van der Waals surface area contributed by atoms with Gasteiger partial charge < -0.3 is 5.32 Å². The van der Waals surface area contributed by atoms with E-state index >= 15 is 0 Å². The van der Waals surface area contributed by atoms with Crippen LogP contribution in [0.25, 0.3) is 0 Å². The summed E-state index contributed by atoms with van der Waals surface area (Å²) in [6, 6.07) is 4.05. The Balaban J connectivity index is 2.07. The molecule has 2 atom stereocenters. The van der Waals surface area contributed by atoms with Gasteiger partial charge in [0.15, 0.2) is 9.84 Å². The molecule has 0 saturated heterocycles. The Hall–Kier alpha value is -1.89. The van der Waals surface area contributed by atoms with Crippen LogP contribution in [-0.2, 0) is 19.4 Å². The molecule has 1 aromatic carbocycles. The smallest absolute Gasteiger partial charge is 0.247 e. The van der Waals surface area contributed by atoms with Crippen LogP contribution < -0.4 is 10.2 Å². The molecule has 2 amide bonds. The molecule has 6 nitrogen and oxygen atoms in total. The van der Waals surface area contributed by atoms with Gasteiger partial charge in [0.1, 0.15) is 6.04 Å². The molecule has 1 aromatic rings. The Labute approximate surface area is 161 Å². The van der Waals surface area contributed by atoms with Crippen molar-refractivity contribution >= 4 is 33.0 Å². The number of amides is 2. The van der Waals surface area contributed by atoms with Gasteiger partial charge in [0.05, 0.1) is 16.3 Å². The maximum absolute atomic E-state index is 13.4. The Morgan fingerprint density at radius 1 is 1.26 bits per heavy atom. The van der Waals surface area contributed by atoms with Crippen LogP contribution in [0.3, 0.4) is 0 Å². The summed E-state index contributed by atoms with van der Waals surface area (Å²) < 4.78 is 23.8. The topological polar surface area (TPSA) is 83.6 Å². The minimum atomic E-state index is -3.40. The molecule has 1 N–H and O–H groups in total. The van der Waals surface area contributed by atoms with E-state index in [1.165, 1.54) is 12.1 Å². The van der Waals surface area contributed by atoms with Gasteiger partial charge in [-0.2, -0.15) is 0 Å². The molecule has 3 rings (SSSR count). The number of sulfone groups is 1. The summed E-state index contributed by atoms with van der Waals surface area (Å²) in [5.74, 6) is -0.325. The number of carbonyl (C=O) groups is 2. The van der Waals surface area contributed by atoms with Crippen LogP contribution in [-0.4, -0.2) is 32.5 Å². The van der Waals surface area contributed by atoms with E-state index in [0.717, 1.165) is 44.8 Å². The molecular weight excluding hydrogens is 364 g/mol. The van der Waals surface area contributed by atoms with E-state index in [0.29, 0.717) is 11.4 Å². The number of rotatable bonds is 4. The van der Waals surface area contributed by atoms with Crippen molar-refractivity contribution in [1.29, 1.82) is 0 Å². The van der Waals surface area contributed by atoms with Gasteiger partial charge in [-0.05, 0) is 37.0 Å². The fourth-order valence-electron chi connectivity index (χ4n) is 4.07. The second kappa shape index (κ2) is 7.62. The van der Waals surface area contributed by atoms with Gasteiger partial charge in [-0.3, -0.25) is 14.5 Å². The molecule has 1 aliphatic heterocycles. The molecule has 2 aliphatic rings. The van der Waals surface area contributed by atoms with E-state index < -0.39 is 15.9 Å². The Morgan fingerprint density at radius 2 is 1.93 bits per heavy atom. The van der Waals surface area contributed by atoms with E-state index in [4.69, 9.17) is 0 Å². The Bertz CT molecular complexity index is 844. The van der Waals surface area contributed by atoms with Crippen molar-refractivity contribution < 1.29 is 18.0 Å². The highest BCUT2D eigenvalue weighted by Gasteiger charge is 2.42. The molecule has 0 unspecified atom stereocenters. The molecule has 1 aliphatic carbocycles. The lowest BCUT2D eigenvalue weighted by Crippen LogP contribution is -2.55. The highest BCUT2D eigenvalue weighted by atomic mass is 32.2. The SMILES string of the molecule is CC[C@H](C)[C@H]1C(=O)Nc2cc(S(C)(=O)=O)ccc2N1C(=O)C1CCCCC1. The van der Waals surface area contributed by atoms with Crippen molar-refractivity contribution in [1.82, 2.24) is 0 Å². The molecule has 148 valence electrons. The van der Waals surface area contributed by atoms with Gasteiger partial charge in [0.25, 0.3) is 0 Å². The van der Waals surface area contributed by atoms with Crippen LogP contribution >= 0.6 is 0 Å². The summed E-state index contributed by atoms with van der Waals surface area (Å²) in [6.45, 7) is 3.98. The van der Waals surface area contributed by atoms with Crippen LogP contribution in [0, 0.1) is 11.8 Å². The summed E-state index contributed by atoms with van der Waals surface area (Å²) >= 11 is 0. The minimum Gasteiger partial charge on any atom is -0.322 e. The summed E-state index contributed by atoms with van der Waals surface area (Å²) in [7, 11) is -3.40. The lowest BCUT2D eigenvalue weighted by molar-refractivity contribution is -0.128. The Kier molecular flexibility index (Phi) is 5.60. The van der Waals surface area contributed by atoms with Gasteiger partial charge >= 0.3 is 0 Å². The standard InChI is InChI=1S/C20H28N2O4S/c1-4-13(2)18-19(23)21-16-12-15(27(3,25)26)10-11-17(16)22(18)20(24)14-8-6-5-7-9-14/h10-14,18H,4-9H2,1-3H3,(H,21,23)/t13-,18-/m0/s1. The number of fused-ring (bicyclic) bond motifs is 1. The zero-order valence-electron chi connectivity index (χ0n) is 16.2. The average Bonchev–Trinajstić information content (AvgIpc) is 2.65. The van der Waals surface area contributed by atoms with Gasteiger partial charge in [-0.15, -0.1) is 0 Å². The third kappa shape index (κ3) is 3.88. The number of anilines is 2. The molecular formula is C20H28N2O4S. The van der Waals surface area contributed by atoms with Crippen molar-refractivity contribution in [2.24, 2.45) is 11.8 Å². The van der Waals surface area contributed by atoms with E-state index in [1.807, 2.05) is 13.8 Å². The van der Waals surface area contributed by atoms with Gasteiger partial charge in [-0.1, -0.05) is 39.5 Å². The molecule has 0 spiro atoms. The number of nitrogens with zero attached hydrogens (tertiary/aromatic N) is 1. The Morgan fingerprint density at radius 3 is 2.52 bits per heavy atom. The molecule has 1 saturated carbocycles. The molecule has 1 heterocycles. The van der Waals surface area contributed by atoms with Crippen LogP contribution in [0.5, 0.6) is 0 Å². The number of hydrogen-bond donors (Lipinski definition) is 1. The first-order valence-electron chi connectivity index (χ1n) is 9.72. The molecule has 0 bridgehead atoms. The quantitative estimate of drug-likeness (QED) is 0.851.